The van der Waals surface area contributed by atoms with Crippen molar-refractivity contribution in [3.05, 3.63) is 56.6 Å². The highest BCUT2D eigenvalue weighted by atomic mass is 79.9. The number of carbonyl (C=O) groups is 1. The average Bonchev–Trinajstić information content (AvgIpc) is 2.99. The van der Waals surface area contributed by atoms with Gasteiger partial charge in [-0.25, -0.2) is 9.97 Å². The van der Waals surface area contributed by atoms with Crippen LogP contribution in [0, 0.1) is 0 Å². The standard InChI is InChI=1S/C17H14Br2N4O2/c1-25-16(24)13-5-11-10-4-9(18)2-3-12(10)22-15(11)14(23-13)8-6-20-17(19)21-7-8/h2-4,6-7,13-14,22-23H,5H2,1H3. The van der Waals surface area contributed by atoms with Crippen molar-refractivity contribution in [1.29, 1.82) is 0 Å². The van der Waals surface area contributed by atoms with E-state index in [1.54, 1.807) is 12.4 Å². The van der Waals surface area contributed by atoms with E-state index in [0.717, 1.165) is 32.2 Å². The molecule has 8 heteroatoms. The van der Waals surface area contributed by atoms with E-state index in [1.807, 2.05) is 12.1 Å². The maximum absolute atomic E-state index is 12.2. The van der Waals surface area contributed by atoms with Gasteiger partial charge in [0.05, 0.1) is 13.2 Å². The number of H-pyrrole nitrogens is 1. The number of hydrogen-bond acceptors (Lipinski definition) is 5. The third-order valence-electron chi connectivity index (χ3n) is 4.43. The molecule has 0 spiro atoms. The van der Waals surface area contributed by atoms with Crippen LogP contribution in [0.3, 0.4) is 0 Å². The SMILES string of the molecule is COC(=O)C1Cc2c([nH]c3ccc(Br)cc23)C(c2cnc(Br)nc2)N1. The van der Waals surface area contributed by atoms with Gasteiger partial charge in [-0.2, -0.15) is 0 Å². The van der Waals surface area contributed by atoms with Crippen LogP contribution in [0.2, 0.25) is 0 Å². The second-order valence-electron chi connectivity index (χ2n) is 5.87. The number of hydrogen-bond donors (Lipinski definition) is 2. The Labute approximate surface area is 160 Å². The molecule has 0 fully saturated rings. The van der Waals surface area contributed by atoms with Gasteiger partial charge >= 0.3 is 5.97 Å². The van der Waals surface area contributed by atoms with Crippen molar-refractivity contribution in [2.75, 3.05) is 7.11 Å². The lowest BCUT2D eigenvalue weighted by Gasteiger charge is -2.29. The van der Waals surface area contributed by atoms with Gasteiger partial charge in [0.1, 0.15) is 6.04 Å². The number of aromatic nitrogens is 3. The molecule has 3 aromatic rings. The highest BCUT2D eigenvalue weighted by molar-refractivity contribution is 9.10. The summed E-state index contributed by atoms with van der Waals surface area (Å²) in [7, 11) is 1.41. The molecular formula is C17H14Br2N4O2. The van der Waals surface area contributed by atoms with Crippen LogP contribution in [0.25, 0.3) is 10.9 Å². The van der Waals surface area contributed by atoms with E-state index in [2.05, 4.69) is 58.2 Å². The van der Waals surface area contributed by atoms with Crippen molar-refractivity contribution >= 4 is 48.7 Å². The fourth-order valence-corrected chi connectivity index (χ4v) is 3.85. The Morgan fingerprint density at radius 3 is 2.76 bits per heavy atom. The molecule has 0 saturated heterocycles. The van der Waals surface area contributed by atoms with Gasteiger partial charge in [0.15, 0.2) is 4.73 Å². The van der Waals surface area contributed by atoms with E-state index in [9.17, 15) is 4.79 Å². The molecule has 0 aliphatic carbocycles. The highest BCUT2D eigenvalue weighted by Gasteiger charge is 2.34. The van der Waals surface area contributed by atoms with Gasteiger partial charge in [-0.05, 0) is 39.7 Å². The van der Waals surface area contributed by atoms with E-state index in [1.165, 1.54) is 7.11 Å². The van der Waals surface area contributed by atoms with Crippen LogP contribution < -0.4 is 5.32 Å². The molecule has 4 rings (SSSR count). The van der Waals surface area contributed by atoms with Crippen molar-refractivity contribution in [3.63, 3.8) is 0 Å². The van der Waals surface area contributed by atoms with Crippen LogP contribution in [0.1, 0.15) is 22.9 Å². The third-order valence-corrected chi connectivity index (χ3v) is 5.33. The molecule has 2 atom stereocenters. The molecule has 2 N–H and O–H groups in total. The normalized spacial score (nSPS) is 19.6. The number of nitrogens with zero attached hydrogens (tertiary/aromatic N) is 2. The fraction of sp³-hybridized carbons (Fsp3) is 0.235. The molecule has 0 radical (unpaired) electrons. The zero-order valence-corrected chi connectivity index (χ0v) is 16.4. The predicted octanol–water partition coefficient (Wildman–Crippen LogP) is 3.26. The minimum Gasteiger partial charge on any atom is -0.468 e. The Bertz CT molecular complexity index is 955. The van der Waals surface area contributed by atoms with E-state index in [4.69, 9.17) is 4.74 Å². The van der Waals surface area contributed by atoms with E-state index in [0.29, 0.717) is 11.2 Å². The van der Waals surface area contributed by atoms with Gasteiger partial charge in [0.25, 0.3) is 0 Å². The summed E-state index contributed by atoms with van der Waals surface area (Å²) in [6, 6.07) is 5.45. The van der Waals surface area contributed by atoms with E-state index >= 15 is 0 Å². The number of methoxy groups -OCH3 is 1. The summed E-state index contributed by atoms with van der Waals surface area (Å²) in [6.45, 7) is 0. The maximum Gasteiger partial charge on any atom is 0.323 e. The van der Waals surface area contributed by atoms with Crippen molar-refractivity contribution in [2.45, 2.75) is 18.5 Å². The topological polar surface area (TPSA) is 79.9 Å². The number of aromatic amines is 1. The number of benzene rings is 1. The van der Waals surface area contributed by atoms with E-state index in [-0.39, 0.29) is 12.0 Å². The van der Waals surface area contributed by atoms with Crippen LogP contribution in [-0.2, 0) is 16.0 Å². The van der Waals surface area contributed by atoms with E-state index < -0.39 is 6.04 Å². The molecule has 1 aliphatic rings. The lowest BCUT2D eigenvalue weighted by Crippen LogP contribution is -2.45. The summed E-state index contributed by atoms with van der Waals surface area (Å²) < 4.78 is 6.48. The summed E-state index contributed by atoms with van der Waals surface area (Å²) in [5.74, 6) is -0.280. The molecular weight excluding hydrogens is 452 g/mol. The summed E-state index contributed by atoms with van der Waals surface area (Å²) in [6.07, 6.45) is 4.06. The summed E-state index contributed by atoms with van der Waals surface area (Å²) in [4.78, 5) is 24.1. The van der Waals surface area contributed by atoms with Gasteiger partial charge in [0, 0.05) is 45.4 Å². The third kappa shape index (κ3) is 2.98. The number of carbonyl (C=O) groups excluding carboxylic acids is 1. The molecule has 2 aromatic heterocycles. The molecule has 0 saturated carbocycles. The largest absolute Gasteiger partial charge is 0.468 e. The molecule has 1 aliphatic heterocycles. The minimum absolute atomic E-state index is 0.216. The molecule has 2 unspecified atom stereocenters. The molecule has 25 heavy (non-hydrogen) atoms. The maximum atomic E-state index is 12.2. The van der Waals surface area contributed by atoms with Gasteiger partial charge < -0.3 is 9.72 Å². The molecule has 6 nitrogen and oxygen atoms in total. The first-order valence-corrected chi connectivity index (χ1v) is 9.26. The second kappa shape index (κ2) is 6.51. The van der Waals surface area contributed by atoms with Gasteiger partial charge in [-0.3, -0.25) is 10.1 Å². The van der Waals surface area contributed by atoms with Crippen molar-refractivity contribution in [3.8, 4) is 0 Å². The van der Waals surface area contributed by atoms with Crippen LogP contribution >= 0.6 is 31.9 Å². The average molecular weight is 466 g/mol. The monoisotopic (exact) mass is 464 g/mol. The van der Waals surface area contributed by atoms with Gasteiger partial charge in [0.2, 0.25) is 0 Å². The Hall–Kier alpha value is -1.77. The van der Waals surface area contributed by atoms with Gasteiger partial charge in [-0.15, -0.1) is 0 Å². The quantitative estimate of drug-likeness (QED) is 0.448. The second-order valence-corrected chi connectivity index (χ2v) is 7.50. The smallest absolute Gasteiger partial charge is 0.323 e. The van der Waals surface area contributed by atoms with Crippen molar-refractivity contribution in [2.24, 2.45) is 0 Å². The lowest BCUT2D eigenvalue weighted by atomic mass is 9.91. The Morgan fingerprint density at radius 2 is 2.04 bits per heavy atom. The first-order chi connectivity index (χ1) is 12.1. The molecule has 0 amide bonds. The Morgan fingerprint density at radius 1 is 1.28 bits per heavy atom. The summed E-state index contributed by atoms with van der Waals surface area (Å²) >= 11 is 6.78. The molecule has 128 valence electrons. The van der Waals surface area contributed by atoms with Crippen LogP contribution in [0.4, 0.5) is 0 Å². The number of rotatable bonds is 2. The summed E-state index contributed by atoms with van der Waals surface area (Å²) in [5.41, 5.74) is 4.05. The number of halogens is 2. The highest BCUT2D eigenvalue weighted by Crippen LogP contribution is 2.36. The zero-order chi connectivity index (χ0) is 17.6. The number of fused-ring (bicyclic) bond motifs is 3. The molecule has 1 aromatic carbocycles. The van der Waals surface area contributed by atoms with Crippen molar-refractivity contribution in [1.82, 2.24) is 20.3 Å². The first kappa shape index (κ1) is 16.7. The number of esters is 1. The van der Waals surface area contributed by atoms with Gasteiger partial charge in [-0.1, -0.05) is 15.9 Å². The lowest BCUT2D eigenvalue weighted by molar-refractivity contribution is -0.143. The zero-order valence-electron chi connectivity index (χ0n) is 13.2. The van der Waals surface area contributed by atoms with Crippen LogP contribution in [0.15, 0.2) is 39.8 Å². The predicted molar refractivity (Wildman–Crippen MR) is 100 cm³/mol. The summed E-state index contributed by atoms with van der Waals surface area (Å²) in [5, 5.41) is 4.46. The number of ether oxygens (including phenoxy) is 1. The van der Waals surface area contributed by atoms with Crippen LogP contribution in [0.5, 0.6) is 0 Å². The Kier molecular flexibility index (Phi) is 4.35. The minimum atomic E-state index is -0.427. The fourth-order valence-electron chi connectivity index (χ4n) is 3.28. The molecule has 3 heterocycles. The first-order valence-electron chi connectivity index (χ1n) is 7.68. The van der Waals surface area contributed by atoms with Crippen molar-refractivity contribution < 1.29 is 9.53 Å². The Balaban J connectivity index is 1.88. The number of nitrogens with one attached hydrogen (secondary N) is 2. The molecule has 0 bridgehead atoms. The van der Waals surface area contributed by atoms with Crippen LogP contribution in [-0.4, -0.2) is 34.1 Å².